The van der Waals surface area contributed by atoms with Crippen LogP contribution in [0.1, 0.15) is 41.2 Å². The van der Waals surface area contributed by atoms with Crippen molar-refractivity contribution < 1.29 is 19.1 Å². The molecule has 0 aliphatic carbocycles. The summed E-state index contributed by atoms with van der Waals surface area (Å²) in [5, 5.41) is 11.6. The standard InChI is InChI=1S/C24H28N4O4S/c1-6-32-23(30)17(4)33-24-27-26-21(28(24)20-9-7-8-15(2)16(20)3)14-25-22(29)18-10-12-19(31-5)13-11-18/h7-13,17H,6,14H2,1-5H3,(H,25,29)/t17-/m0/s1. The van der Waals surface area contributed by atoms with Crippen molar-refractivity contribution in [2.45, 2.75) is 44.6 Å². The molecule has 3 rings (SSSR count). The van der Waals surface area contributed by atoms with E-state index >= 15 is 0 Å². The molecule has 2 aromatic carbocycles. The fourth-order valence-electron chi connectivity index (χ4n) is 3.18. The Kier molecular flexibility index (Phi) is 8.11. The number of carbonyl (C=O) groups is 2. The van der Waals surface area contributed by atoms with Crippen LogP contribution >= 0.6 is 11.8 Å². The quantitative estimate of drug-likeness (QED) is 0.376. The van der Waals surface area contributed by atoms with Crippen LogP contribution in [-0.2, 0) is 16.1 Å². The third kappa shape index (κ3) is 5.73. The van der Waals surface area contributed by atoms with Crippen molar-refractivity contribution in [1.29, 1.82) is 0 Å². The van der Waals surface area contributed by atoms with Crippen LogP contribution in [0.15, 0.2) is 47.6 Å². The predicted molar refractivity (Wildman–Crippen MR) is 127 cm³/mol. The van der Waals surface area contributed by atoms with Crippen molar-refractivity contribution in [1.82, 2.24) is 20.1 Å². The van der Waals surface area contributed by atoms with E-state index in [1.54, 1.807) is 45.2 Å². The van der Waals surface area contributed by atoms with Gasteiger partial charge in [-0.05, 0) is 69.2 Å². The summed E-state index contributed by atoms with van der Waals surface area (Å²) in [7, 11) is 1.58. The molecule has 0 radical (unpaired) electrons. The number of thioether (sulfide) groups is 1. The molecule has 0 aliphatic heterocycles. The molecule has 1 amide bonds. The van der Waals surface area contributed by atoms with Crippen molar-refractivity contribution in [3.63, 3.8) is 0 Å². The number of aromatic nitrogens is 3. The Morgan fingerprint density at radius 2 is 1.85 bits per heavy atom. The summed E-state index contributed by atoms with van der Waals surface area (Å²) < 4.78 is 12.2. The van der Waals surface area contributed by atoms with Crippen LogP contribution in [0.5, 0.6) is 5.75 Å². The van der Waals surface area contributed by atoms with E-state index in [0.29, 0.717) is 28.9 Å². The number of nitrogens with one attached hydrogen (secondary N) is 1. The number of rotatable bonds is 9. The second kappa shape index (κ2) is 11.0. The Morgan fingerprint density at radius 1 is 1.12 bits per heavy atom. The summed E-state index contributed by atoms with van der Waals surface area (Å²) >= 11 is 1.27. The first-order valence-corrected chi connectivity index (χ1v) is 11.5. The molecule has 174 valence electrons. The number of hydrogen-bond donors (Lipinski definition) is 1. The van der Waals surface area contributed by atoms with E-state index in [1.165, 1.54) is 11.8 Å². The number of hydrogen-bond acceptors (Lipinski definition) is 7. The molecule has 33 heavy (non-hydrogen) atoms. The SMILES string of the molecule is CCOC(=O)[C@H](C)Sc1nnc(CNC(=O)c2ccc(OC)cc2)n1-c1cccc(C)c1C. The fraction of sp³-hybridized carbons (Fsp3) is 0.333. The highest BCUT2D eigenvalue weighted by molar-refractivity contribution is 8.00. The molecule has 1 N–H and O–H groups in total. The highest BCUT2D eigenvalue weighted by Gasteiger charge is 2.23. The number of methoxy groups -OCH3 is 1. The maximum Gasteiger partial charge on any atom is 0.319 e. The molecule has 0 unspecified atom stereocenters. The van der Waals surface area contributed by atoms with Gasteiger partial charge in [-0.1, -0.05) is 23.9 Å². The van der Waals surface area contributed by atoms with Gasteiger partial charge >= 0.3 is 5.97 Å². The molecule has 8 nitrogen and oxygen atoms in total. The third-order valence-electron chi connectivity index (χ3n) is 5.18. The highest BCUT2D eigenvalue weighted by Crippen LogP contribution is 2.28. The van der Waals surface area contributed by atoms with Gasteiger partial charge in [0.1, 0.15) is 11.0 Å². The molecule has 0 saturated carbocycles. The second-order valence-corrected chi connectivity index (χ2v) is 8.68. The van der Waals surface area contributed by atoms with Crippen molar-refractivity contribution in [2.75, 3.05) is 13.7 Å². The average molecular weight is 469 g/mol. The lowest BCUT2D eigenvalue weighted by molar-refractivity contribution is -0.142. The lowest BCUT2D eigenvalue weighted by Gasteiger charge is -2.16. The predicted octanol–water partition coefficient (Wildman–Crippen LogP) is 3.87. The van der Waals surface area contributed by atoms with E-state index in [1.807, 2.05) is 36.6 Å². The molecule has 1 atom stereocenters. The molecular weight excluding hydrogens is 440 g/mol. The molecule has 0 spiro atoms. The lowest BCUT2D eigenvalue weighted by Crippen LogP contribution is -2.25. The second-order valence-electron chi connectivity index (χ2n) is 7.38. The third-order valence-corrected chi connectivity index (χ3v) is 6.20. The van der Waals surface area contributed by atoms with Gasteiger partial charge in [0.2, 0.25) is 0 Å². The Balaban J connectivity index is 1.89. The van der Waals surface area contributed by atoms with E-state index in [-0.39, 0.29) is 18.4 Å². The van der Waals surface area contributed by atoms with Gasteiger partial charge in [-0.2, -0.15) is 0 Å². The van der Waals surface area contributed by atoms with Crippen molar-refractivity contribution in [3.05, 3.63) is 65.0 Å². The first-order valence-electron chi connectivity index (χ1n) is 10.6. The van der Waals surface area contributed by atoms with Gasteiger partial charge in [0, 0.05) is 5.56 Å². The highest BCUT2D eigenvalue weighted by atomic mass is 32.2. The number of nitrogens with zero attached hydrogens (tertiary/aromatic N) is 3. The first-order chi connectivity index (χ1) is 15.8. The number of aryl methyl sites for hydroxylation is 1. The normalized spacial score (nSPS) is 11.7. The minimum atomic E-state index is -0.459. The van der Waals surface area contributed by atoms with Gasteiger partial charge < -0.3 is 14.8 Å². The van der Waals surface area contributed by atoms with Gasteiger partial charge in [0.15, 0.2) is 11.0 Å². The Labute approximate surface area is 197 Å². The van der Waals surface area contributed by atoms with Gasteiger partial charge in [0.25, 0.3) is 5.91 Å². The lowest BCUT2D eigenvalue weighted by atomic mass is 10.1. The maximum absolute atomic E-state index is 12.7. The van der Waals surface area contributed by atoms with Crippen LogP contribution in [0.25, 0.3) is 5.69 Å². The van der Waals surface area contributed by atoms with Crippen LogP contribution in [-0.4, -0.2) is 45.6 Å². The molecule has 9 heteroatoms. The van der Waals surface area contributed by atoms with E-state index in [9.17, 15) is 9.59 Å². The van der Waals surface area contributed by atoms with Crippen LogP contribution in [0.2, 0.25) is 0 Å². The van der Waals surface area contributed by atoms with E-state index in [4.69, 9.17) is 9.47 Å². The number of esters is 1. The van der Waals surface area contributed by atoms with Gasteiger partial charge in [0.05, 0.1) is 25.9 Å². The van der Waals surface area contributed by atoms with Crippen molar-refractivity contribution in [2.24, 2.45) is 0 Å². The molecular formula is C24H28N4O4S. The Hall–Kier alpha value is -3.33. The van der Waals surface area contributed by atoms with Crippen LogP contribution in [0.3, 0.4) is 0 Å². The largest absolute Gasteiger partial charge is 0.497 e. The summed E-state index contributed by atoms with van der Waals surface area (Å²) in [5.74, 6) is 0.692. The van der Waals surface area contributed by atoms with Gasteiger partial charge in [-0.3, -0.25) is 14.2 Å². The molecule has 0 saturated heterocycles. The van der Waals surface area contributed by atoms with E-state index in [0.717, 1.165) is 16.8 Å². The minimum absolute atomic E-state index is 0.166. The number of benzene rings is 2. The van der Waals surface area contributed by atoms with Crippen LogP contribution < -0.4 is 10.1 Å². The van der Waals surface area contributed by atoms with Crippen molar-refractivity contribution in [3.8, 4) is 11.4 Å². The Morgan fingerprint density at radius 3 is 2.52 bits per heavy atom. The first kappa shape index (κ1) is 24.3. The summed E-state index contributed by atoms with van der Waals surface area (Å²) in [6, 6.07) is 12.8. The maximum atomic E-state index is 12.7. The van der Waals surface area contributed by atoms with Crippen LogP contribution in [0, 0.1) is 13.8 Å². The van der Waals surface area contributed by atoms with Crippen molar-refractivity contribution >= 4 is 23.6 Å². The number of amides is 1. The minimum Gasteiger partial charge on any atom is -0.497 e. The number of carbonyl (C=O) groups excluding carboxylic acids is 2. The summed E-state index contributed by atoms with van der Waals surface area (Å²) in [6.07, 6.45) is 0. The summed E-state index contributed by atoms with van der Waals surface area (Å²) in [5.41, 5.74) is 3.58. The molecule has 0 aliphatic rings. The van der Waals surface area contributed by atoms with Crippen LogP contribution in [0.4, 0.5) is 0 Å². The van der Waals surface area contributed by atoms with E-state index < -0.39 is 5.25 Å². The summed E-state index contributed by atoms with van der Waals surface area (Å²) in [4.78, 5) is 24.8. The van der Waals surface area contributed by atoms with E-state index in [2.05, 4.69) is 15.5 Å². The summed E-state index contributed by atoms with van der Waals surface area (Å²) in [6.45, 7) is 8.08. The molecule has 0 fully saturated rings. The smallest absolute Gasteiger partial charge is 0.319 e. The zero-order chi connectivity index (χ0) is 24.0. The zero-order valence-corrected chi connectivity index (χ0v) is 20.2. The molecule has 3 aromatic rings. The monoisotopic (exact) mass is 468 g/mol. The number of ether oxygens (including phenoxy) is 2. The fourth-order valence-corrected chi connectivity index (χ4v) is 4.06. The van der Waals surface area contributed by atoms with Gasteiger partial charge in [-0.25, -0.2) is 0 Å². The molecule has 0 bridgehead atoms. The average Bonchev–Trinajstić information content (AvgIpc) is 3.21. The molecule has 1 heterocycles. The topological polar surface area (TPSA) is 95.3 Å². The molecule has 1 aromatic heterocycles. The Bertz CT molecular complexity index is 1130. The zero-order valence-electron chi connectivity index (χ0n) is 19.4. The van der Waals surface area contributed by atoms with Gasteiger partial charge in [-0.15, -0.1) is 10.2 Å².